The molecule has 1 aliphatic heterocycles. The van der Waals surface area contributed by atoms with E-state index in [1.165, 1.54) is 0 Å². The van der Waals surface area contributed by atoms with Crippen molar-refractivity contribution >= 4 is 5.97 Å². The molecule has 146 valence electrons. The van der Waals surface area contributed by atoms with Crippen LogP contribution >= 0.6 is 0 Å². The molecule has 6 heteroatoms. The van der Waals surface area contributed by atoms with E-state index < -0.39 is 17.5 Å². The number of likely N-dealkylation sites (tertiary alicyclic amines) is 1. The van der Waals surface area contributed by atoms with Crippen molar-refractivity contribution < 1.29 is 24.5 Å². The third-order valence-electron chi connectivity index (χ3n) is 4.84. The molecule has 2 atom stereocenters. The number of carboxylic acids is 1. The maximum Gasteiger partial charge on any atom is 0.313 e. The molecule has 1 aliphatic rings. The van der Waals surface area contributed by atoms with Crippen LogP contribution in [0, 0.1) is 5.41 Å². The summed E-state index contributed by atoms with van der Waals surface area (Å²) in [7, 11) is 0. The molecule has 0 unspecified atom stereocenters. The number of benzene rings is 1. The van der Waals surface area contributed by atoms with Crippen LogP contribution in [0.3, 0.4) is 0 Å². The minimum absolute atomic E-state index is 0.104. The molecule has 0 aromatic heterocycles. The lowest BCUT2D eigenvalue weighted by Crippen LogP contribution is -2.56. The average molecular weight is 365 g/mol. The maximum absolute atomic E-state index is 11.8. The molecule has 0 aliphatic carbocycles. The predicted molar refractivity (Wildman–Crippen MR) is 99.7 cm³/mol. The van der Waals surface area contributed by atoms with Crippen molar-refractivity contribution in [2.45, 2.75) is 52.2 Å². The van der Waals surface area contributed by atoms with Gasteiger partial charge in [0.05, 0.1) is 12.2 Å². The van der Waals surface area contributed by atoms with Gasteiger partial charge in [0.15, 0.2) is 0 Å². The Balaban J connectivity index is 1.90. The van der Waals surface area contributed by atoms with E-state index in [1.54, 1.807) is 0 Å². The van der Waals surface area contributed by atoms with Gasteiger partial charge < -0.3 is 19.7 Å². The van der Waals surface area contributed by atoms with Crippen LogP contribution in [0.4, 0.5) is 0 Å². The fraction of sp³-hybridized carbons (Fsp3) is 0.650. The molecular formula is C20H31NO5. The van der Waals surface area contributed by atoms with Crippen molar-refractivity contribution in [1.29, 1.82) is 0 Å². The third kappa shape index (κ3) is 5.11. The molecule has 26 heavy (non-hydrogen) atoms. The zero-order valence-corrected chi connectivity index (χ0v) is 16.0. The number of carbonyl (C=O) groups is 1. The van der Waals surface area contributed by atoms with E-state index in [4.69, 9.17) is 9.47 Å². The van der Waals surface area contributed by atoms with E-state index in [9.17, 15) is 15.0 Å². The number of hydrogen-bond acceptors (Lipinski definition) is 5. The predicted octanol–water partition coefficient (Wildman–Crippen LogP) is 2.79. The fourth-order valence-electron chi connectivity index (χ4n) is 3.57. The lowest BCUT2D eigenvalue weighted by atomic mass is 9.74. The van der Waals surface area contributed by atoms with E-state index >= 15 is 0 Å². The fourth-order valence-corrected chi connectivity index (χ4v) is 3.57. The molecule has 1 aromatic carbocycles. The minimum Gasteiger partial charge on any atom is -0.492 e. The van der Waals surface area contributed by atoms with Gasteiger partial charge in [0.1, 0.15) is 23.5 Å². The topological polar surface area (TPSA) is 79.2 Å². The summed E-state index contributed by atoms with van der Waals surface area (Å²) in [4.78, 5) is 13.9. The molecule has 2 N–H and O–H groups in total. The van der Waals surface area contributed by atoms with Gasteiger partial charge in [0, 0.05) is 25.7 Å². The highest BCUT2D eigenvalue weighted by Gasteiger charge is 2.48. The van der Waals surface area contributed by atoms with Gasteiger partial charge >= 0.3 is 5.97 Å². The summed E-state index contributed by atoms with van der Waals surface area (Å²) >= 11 is 0. The van der Waals surface area contributed by atoms with Gasteiger partial charge in [0.2, 0.25) is 0 Å². The average Bonchev–Trinajstić information content (AvgIpc) is 2.57. The number of ether oxygens (including phenoxy) is 2. The SMILES string of the molecule is CCC[C@@]1(C(=O)O)CN(CCOc2cccc(OC(C)C)c2)CC[C@H]1O. The highest BCUT2D eigenvalue weighted by molar-refractivity contribution is 5.76. The summed E-state index contributed by atoms with van der Waals surface area (Å²) in [6.07, 6.45) is 1.00. The van der Waals surface area contributed by atoms with E-state index in [1.807, 2.05) is 45.0 Å². The summed E-state index contributed by atoms with van der Waals surface area (Å²) in [5, 5.41) is 20.0. The Labute approximate surface area is 155 Å². The highest BCUT2D eigenvalue weighted by Crippen LogP contribution is 2.35. The number of carboxylic acid groups (broad SMARTS) is 1. The van der Waals surface area contributed by atoms with Crippen molar-refractivity contribution in [3.63, 3.8) is 0 Å². The lowest BCUT2D eigenvalue weighted by molar-refractivity contribution is -0.164. The number of aliphatic hydroxyl groups excluding tert-OH is 1. The van der Waals surface area contributed by atoms with E-state index in [-0.39, 0.29) is 6.10 Å². The Morgan fingerprint density at radius 3 is 2.77 bits per heavy atom. The van der Waals surface area contributed by atoms with Crippen molar-refractivity contribution in [1.82, 2.24) is 4.90 Å². The summed E-state index contributed by atoms with van der Waals surface area (Å²) < 4.78 is 11.5. The standard InChI is InChI=1S/C20H31NO5/c1-4-9-20(19(23)24)14-21(10-8-18(20)22)11-12-25-16-6-5-7-17(13-16)26-15(2)3/h5-7,13,15,18,22H,4,8-12,14H2,1-3H3,(H,23,24)/t18-,20-/m1/s1. The molecule has 2 rings (SSSR count). The first-order chi connectivity index (χ1) is 12.4. The Kier molecular flexibility index (Phi) is 7.29. The van der Waals surface area contributed by atoms with Crippen molar-refractivity contribution in [2.75, 3.05) is 26.2 Å². The van der Waals surface area contributed by atoms with Gasteiger partial charge in [0.25, 0.3) is 0 Å². The molecule has 1 fully saturated rings. The molecule has 0 amide bonds. The van der Waals surface area contributed by atoms with Crippen LogP contribution in [0.1, 0.15) is 40.0 Å². The number of aliphatic carboxylic acids is 1. The number of hydrogen-bond donors (Lipinski definition) is 2. The quantitative estimate of drug-likeness (QED) is 0.701. The summed E-state index contributed by atoms with van der Waals surface area (Å²) in [6, 6.07) is 7.52. The summed E-state index contributed by atoms with van der Waals surface area (Å²) in [6.45, 7) is 8.03. The van der Waals surface area contributed by atoms with Gasteiger partial charge in [-0.25, -0.2) is 0 Å². The van der Waals surface area contributed by atoms with Gasteiger partial charge in [-0.05, 0) is 38.8 Å². The number of piperidine rings is 1. The molecule has 0 bridgehead atoms. The number of nitrogens with zero attached hydrogens (tertiary/aromatic N) is 1. The van der Waals surface area contributed by atoms with Gasteiger partial charge in [-0.2, -0.15) is 0 Å². The minimum atomic E-state index is -1.07. The zero-order chi connectivity index (χ0) is 19.2. The first-order valence-corrected chi connectivity index (χ1v) is 9.40. The van der Waals surface area contributed by atoms with Crippen LogP contribution in [0.2, 0.25) is 0 Å². The Bertz CT molecular complexity index is 591. The molecule has 0 spiro atoms. The second kappa shape index (κ2) is 9.24. The Morgan fingerprint density at radius 1 is 1.38 bits per heavy atom. The summed E-state index contributed by atoms with van der Waals surface area (Å²) in [5.74, 6) is 0.598. The lowest BCUT2D eigenvalue weighted by Gasteiger charge is -2.43. The zero-order valence-electron chi connectivity index (χ0n) is 16.0. The number of aliphatic hydroxyl groups is 1. The molecule has 1 aromatic rings. The second-order valence-electron chi connectivity index (χ2n) is 7.28. The molecule has 6 nitrogen and oxygen atoms in total. The van der Waals surface area contributed by atoms with Crippen molar-refractivity contribution in [3.8, 4) is 11.5 Å². The molecule has 1 saturated heterocycles. The molecule has 1 heterocycles. The normalized spacial score (nSPS) is 23.8. The van der Waals surface area contributed by atoms with Crippen LogP contribution in [-0.4, -0.2) is 59.5 Å². The van der Waals surface area contributed by atoms with Crippen LogP contribution in [0.15, 0.2) is 24.3 Å². The first-order valence-electron chi connectivity index (χ1n) is 9.40. The van der Waals surface area contributed by atoms with Gasteiger partial charge in [-0.1, -0.05) is 19.4 Å². The monoisotopic (exact) mass is 365 g/mol. The molecule has 0 saturated carbocycles. The Hall–Kier alpha value is -1.79. The third-order valence-corrected chi connectivity index (χ3v) is 4.84. The van der Waals surface area contributed by atoms with Crippen molar-refractivity contribution in [3.05, 3.63) is 24.3 Å². The van der Waals surface area contributed by atoms with Crippen LogP contribution < -0.4 is 9.47 Å². The van der Waals surface area contributed by atoms with Crippen LogP contribution in [0.25, 0.3) is 0 Å². The van der Waals surface area contributed by atoms with Gasteiger partial charge in [-0.15, -0.1) is 0 Å². The van der Waals surface area contributed by atoms with E-state index in [2.05, 4.69) is 4.90 Å². The number of rotatable bonds is 9. The summed E-state index contributed by atoms with van der Waals surface area (Å²) in [5.41, 5.74) is -1.07. The molecular weight excluding hydrogens is 334 g/mol. The van der Waals surface area contributed by atoms with Crippen LogP contribution in [0.5, 0.6) is 11.5 Å². The molecule has 0 radical (unpaired) electrons. The highest BCUT2D eigenvalue weighted by atomic mass is 16.5. The second-order valence-corrected chi connectivity index (χ2v) is 7.28. The largest absolute Gasteiger partial charge is 0.492 e. The maximum atomic E-state index is 11.8. The van der Waals surface area contributed by atoms with E-state index in [0.717, 1.165) is 17.9 Å². The Morgan fingerprint density at radius 2 is 2.12 bits per heavy atom. The van der Waals surface area contributed by atoms with Crippen molar-refractivity contribution in [2.24, 2.45) is 5.41 Å². The van der Waals surface area contributed by atoms with Gasteiger partial charge in [-0.3, -0.25) is 9.69 Å². The first kappa shape index (κ1) is 20.5. The van der Waals surface area contributed by atoms with Crippen LogP contribution in [-0.2, 0) is 4.79 Å². The van der Waals surface area contributed by atoms with E-state index in [0.29, 0.717) is 39.1 Å². The smallest absolute Gasteiger partial charge is 0.313 e.